The van der Waals surface area contributed by atoms with Crippen molar-refractivity contribution in [3.8, 4) is 5.75 Å². The number of nitrogens with one attached hydrogen (secondary N) is 3. The number of carbonyl (C=O) groups is 4. The van der Waals surface area contributed by atoms with Crippen LogP contribution in [-0.2, 0) is 33.4 Å². The summed E-state index contributed by atoms with van der Waals surface area (Å²) in [6, 6.07) is 4.06. The Morgan fingerprint density at radius 1 is 0.946 bits per heavy atom. The Hall–Kier alpha value is -3.79. The average Bonchev–Trinajstić information content (AvgIpc) is 3.61. The van der Waals surface area contributed by atoms with Crippen LogP contribution in [0.3, 0.4) is 0 Å². The summed E-state index contributed by atoms with van der Waals surface area (Å²) in [6.45, 7) is 15.4. The number of likely N-dealkylation sites (N-methyl/N-ethyl adjacent to an activating group) is 2. The lowest BCUT2D eigenvalue weighted by Crippen LogP contribution is -2.59. The lowest BCUT2D eigenvalue weighted by Gasteiger charge is -2.41. The second kappa shape index (κ2) is 22.8. The van der Waals surface area contributed by atoms with Crippen molar-refractivity contribution in [2.75, 3.05) is 49.1 Å². The van der Waals surface area contributed by atoms with E-state index >= 15 is 0 Å². The highest BCUT2D eigenvalue weighted by atomic mass is 16.5. The molecule has 2 rings (SSSR count). The van der Waals surface area contributed by atoms with E-state index in [1.165, 1.54) is 21.3 Å². The second-order valence-electron chi connectivity index (χ2n) is 15.7. The normalized spacial score (nSPS) is 20.4. The number of amides is 4. The topological polar surface area (TPSA) is 180 Å². The van der Waals surface area contributed by atoms with Gasteiger partial charge in [-0.2, -0.15) is 0 Å². The van der Waals surface area contributed by atoms with Crippen LogP contribution >= 0.6 is 0 Å². The summed E-state index contributed by atoms with van der Waals surface area (Å²) in [7, 11) is 9.60. The van der Waals surface area contributed by atoms with Gasteiger partial charge in [0, 0.05) is 40.5 Å². The van der Waals surface area contributed by atoms with E-state index in [2.05, 4.69) is 21.1 Å². The fourth-order valence-corrected chi connectivity index (χ4v) is 7.79. The molecule has 0 spiro atoms. The minimum absolute atomic E-state index is 0.0152. The summed E-state index contributed by atoms with van der Waals surface area (Å²) in [5, 5.41) is 22.3. The molecular formula is C41H70N6O9. The molecular weight excluding hydrogens is 720 g/mol. The first-order valence-electron chi connectivity index (χ1n) is 19.7. The fraction of sp³-hybridized carbons (Fsp3) is 0.732. The molecule has 1 aromatic carbocycles. The van der Waals surface area contributed by atoms with E-state index in [1.807, 2.05) is 41.5 Å². The van der Waals surface area contributed by atoms with Crippen LogP contribution in [0.4, 0.5) is 0 Å². The smallest absolute Gasteiger partial charge is 0.245 e. The van der Waals surface area contributed by atoms with Gasteiger partial charge in [-0.25, -0.2) is 0 Å². The highest BCUT2D eigenvalue weighted by molar-refractivity contribution is 6.05. The number of hydrogen-bond acceptors (Lipinski definition) is 11. The molecule has 0 aromatic heterocycles. The van der Waals surface area contributed by atoms with Gasteiger partial charge in [0.25, 0.3) is 0 Å². The molecule has 4 N–H and O–H groups in total. The van der Waals surface area contributed by atoms with Crippen LogP contribution < -0.4 is 20.7 Å². The number of ether oxygens (including phenoxy) is 4. The maximum atomic E-state index is 14.4. The van der Waals surface area contributed by atoms with E-state index in [0.29, 0.717) is 24.2 Å². The lowest BCUT2D eigenvalue weighted by molar-refractivity contribution is -0.148. The third kappa shape index (κ3) is 12.1. The van der Waals surface area contributed by atoms with Gasteiger partial charge in [-0.1, -0.05) is 72.2 Å². The van der Waals surface area contributed by atoms with E-state index in [-0.39, 0.29) is 66.2 Å². The van der Waals surface area contributed by atoms with Crippen molar-refractivity contribution in [2.45, 2.75) is 123 Å². The van der Waals surface area contributed by atoms with Crippen LogP contribution in [0.5, 0.6) is 5.75 Å². The maximum Gasteiger partial charge on any atom is 0.245 e. The van der Waals surface area contributed by atoms with Crippen LogP contribution in [0.15, 0.2) is 29.4 Å². The Kier molecular flexibility index (Phi) is 19.7. The van der Waals surface area contributed by atoms with Crippen molar-refractivity contribution >= 4 is 29.3 Å². The molecule has 0 bridgehead atoms. The average molecular weight is 791 g/mol. The Balaban J connectivity index is 2.35. The first-order chi connectivity index (χ1) is 26.5. The summed E-state index contributed by atoms with van der Waals surface area (Å²) >= 11 is 0. The van der Waals surface area contributed by atoms with E-state index in [9.17, 15) is 24.4 Å². The molecule has 4 amide bonds. The number of nitrogens with zero attached hydrogens (tertiary/aromatic N) is 3. The Labute approximate surface area is 334 Å². The van der Waals surface area contributed by atoms with Crippen LogP contribution in [0.2, 0.25) is 0 Å². The largest absolute Gasteiger partial charge is 0.497 e. The number of hydrogen-bond donors (Lipinski definition) is 4. The number of benzene rings is 1. The Bertz CT molecular complexity index is 1460. The standard InChI is InChI=1S/C41H70N6O9/c1-15-25(6)37(46(10)41(51)35(24(4)5)44-40(50)34(42-9)23(2)3)32(55-13)21-33(48)47-22-30(54-12)20-31(47)38(56-14)26(7)39(49)43-27(8)36(45-52)28-17-16-18-29(19-28)53-11/h16-19,23-27,30-32,34-35,37-38,42,52H,15,20-22H2,1-14H3,(H,43,49)(H,44,50)/b45-36+/t25-,26+,27+,30+,31+,32+,34-,35?,37-,38+/m0/s1. The quantitative estimate of drug-likeness (QED) is 0.0774. The SMILES string of the molecule is CC[C@H](C)[C@@H]([C@@H](CC(=O)N1C[C@H](OC)C[C@@H]1[C@H](OC)[C@@H](C)C(=O)N[C@H](C)/C(=N\O)c1cccc(OC)c1)OC)N(C)C(=O)C(NC(=O)[C@@H](NC)C(C)C)C(C)C. The molecule has 0 radical (unpaired) electrons. The minimum Gasteiger partial charge on any atom is -0.497 e. The van der Waals surface area contributed by atoms with Gasteiger partial charge in [0.2, 0.25) is 23.6 Å². The summed E-state index contributed by atoms with van der Waals surface area (Å²) in [5.41, 5.74) is 0.833. The molecule has 1 aromatic rings. The lowest BCUT2D eigenvalue weighted by atomic mass is 9.89. The molecule has 318 valence electrons. The zero-order chi connectivity index (χ0) is 42.4. The molecule has 1 fully saturated rings. The predicted molar refractivity (Wildman–Crippen MR) is 216 cm³/mol. The van der Waals surface area contributed by atoms with E-state index < -0.39 is 48.3 Å². The maximum absolute atomic E-state index is 14.4. The van der Waals surface area contributed by atoms with Gasteiger partial charge in [-0.05, 0) is 50.3 Å². The first-order valence-corrected chi connectivity index (χ1v) is 19.7. The number of oxime groups is 1. The predicted octanol–water partition coefficient (Wildman–Crippen LogP) is 3.31. The third-order valence-electron chi connectivity index (χ3n) is 11.3. The number of rotatable bonds is 22. The van der Waals surface area contributed by atoms with Gasteiger partial charge in [0.15, 0.2) is 0 Å². The van der Waals surface area contributed by atoms with Gasteiger partial charge >= 0.3 is 0 Å². The van der Waals surface area contributed by atoms with Crippen molar-refractivity contribution in [3.63, 3.8) is 0 Å². The second-order valence-corrected chi connectivity index (χ2v) is 15.7. The molecule has 0 saturated carbocycles. The highest BCUT2D eigenvalue weighted by Gasteiger charge is 2.46. The van der Waals surface area contributed by atoms with Crippen LogP contribution in [0.25, 0.3) is 0 Å². The Morgan fingerprint density at radius 2 is 1.59 bits per heavy atom. The summed E-state index contributed by atoms with van der Waals surface area (Å²) in [5.74, 6) is -1.49. The van der Waals surface area contributed by atoms with Crippen molar-refractivity contribution < 1.29 is 43.3 Å². The number of likely N-dealkylation sites (tertiary alicyclic amines) is 1. The Morgan fingerprint density at radius 3 is 2.09 bits per heavy atom. The van der Waals surface area contributed by atoms with Crippen LogP contribution in [-0.4, -0.2) is 142 Å². The zero-order valence-electron chi connectivity index (χ0n) is 36.1. The van der Waals surface area contributed by atoms with Gasteiger partial charge in [-0.15, -0.1) is 0 Å². The molecule has 15 heteroatoms. The van der Waals surface area contributed by atoms with E-state index in [0.717, 1.165) is 0 Å². The van der Waals surface area contributed by atoms with Gasteiger partial charge in [-0.3, -0.25) is 19.2 Å². The summed E-state index contributed by atoms with van der Waals surface area (Å²) < 4.78 is 23.0. The summed E-state index contributed by atoms with van der Waals surface area (Å²) in [6.07, 6.45) is -0.598. The molecule has 1 unspecified atom stereocenters. The number of methoxy groups -OCH3 is 4. The van der Waals surface area contributed by atoms with Crippen molar-refractivity contribution in [2.24, 2.45) is 28.8 Å². The minimum atomic E-state index is -0.791. The van der Waals surface area contributed by atoms with Crippen molar-refractivity contribution in [1.82, 2.24) is 25.8 Å². The van der Waals surface area contributed by atoms with Gasteiger partial charge < -0.3 is 49.9 Å². The molecule has 56 heavy (non-hydrogen) atoms. The van der Waals surface area contributed by atoms with Crippen LogP contribution in [0.1, 0.15) is 80.2 Å². The zero-order valence-corrected chi connectivity index (χ0v) is 36.1. The molecule has 10 atom stereocenters. The van der Waals surface area contributed by atoms with Crippen LogP contribution in [0, 0.1) is 23.7 Å². The molecule has 1 aliphatic heterocycles. The molecule has 1 saturated heterocycles. The van der Waals surface area contributed by atoms with Crippen molar-refractivity contribution in [3.05, 3.63) is 29.8 Å². The highest BCUT2D eigenvalue weighted by Crippen LogP contribution is 2.31. The third-order valence-corrected chi connectivity index (χ3v) is 11.3. The summed E-state index contributed by atoms with van der Waals surface area (Å²) in [4.78, 5) is 58.9. The van der Waals surface area contributed by atoms with Gasteiger partial charge in [0.1, 0.15) is 17.5 Å². The molecule has 1 heterocycles. The number of carbonyl (C=O) groups excluding carboxylic acids is 4. The first kappa shape index (κ1) is 48.4. The monoisotopic (exact) mass is 791 g/mol. The van der Waals surface area contributed by atoms with E-state index in [4.69, 9.17) is 18.9 Å². The molecule has 15 nitrogen and oxygen atoms in total. The van der Waals surface area contributed by atoms with Crippen molar-refractivity contribution in [1.29, 1.82) is 0 Å². The van der Waals surface area contributed by atoms with E-state index in [1.54, 1.807) is 69.1 Å². The van der Waals surface area contributed by atoms with Gasteiger partial charge in [0.05, 0.1) is 61.9 Å². The fourth-order valence-electron chi connectivity index (χ4n) is 7.79. The molecule has 1 aliphatic rings. The molecule has 0 aliphatic carbocycles.